The summed E-state index contributed by atoms with van der Waals surface area (Å²) in [5, 5.41) is 5.01. The number of pyridine rings is 1. The van der Waals surface area contributed by atoms with Gasteiger partial charge in [0.25, 0.3) is 5.91 Å². The van der Waals surface area contributed by atoms with Gasteiger partial charge in [-0.2, -0.15) is 0 Å². The number of carbonyl (C=O) groups is 1. The largest absolute Gasteiger partial charge is 0.368 e. The number of amides is 1. The van der Waals surface area contributed by atoms with Gasteiger partial charge in [0.2, 0.25) is 0 Å². The maximum atomic E-state index is 14.0. The SMILES string of the molecule is N[C@H]1CCCCN(c2ccncc2NC(=O)c2csc(-c3ccccc3F)n2)C1. The Morgan fingerprint density at radius 3 is 3.00 bits per heavy atom. The van der Waals surface area contributed by atoms with E-state index in [1.54, 1.807) is 36.0 Å². The quantitative estimate of drug-likeness (QED) is 0.680. The lowest BCUT2D eigenvalue weighted by atomic mass is 10.1. The van der Waals surface area contributed by atoms with Gasteiger partial charge in [-0.15, -0.1) is 11.3 Å². The number of nitrogens with two attached hydrogens (primary N) is 1. The summed E-state index contributed by atoms with van der Waals surface area (Å²) < 4.78 is 14.0. The minimum Gasteiger partial charge on any atom is -0.368 e. The second-order valence-corrected chi connectivity index (χ2v) is 7.92. The van der Waals surface area contributed by atoms with Crippen LogP contribution in [0.2, 0.25) is 0 Å². The summed E-state index contributed by atoms with van der Waals surface area (Å²) in [6, 6.07) is 8.39. The number of hydrogen-bond acceptors (Lipinski definition) is 6. The molecule has 1 aliphatic rings. The summed E-state index contributed by atoms with van der Waals surface area (Å²) in [6.07, 6.45) is 6.50. The average molecular weight is 412 g/mol. The van der Waals surface area contributed by atoms with E-state index in [2.05, 4.69) is 20.2 Å². The molecule has 2 aromatic heterocycles. The van der Waals surface area contributed by atoms with Crippen molar-refractivity contribution in [1.29, 1.82) is 0 Å². The number of aromatic nitrogens is 2. The minimum absolute atomic E-state index is 0.107. The molecule has 1 aromatic carbocycles. The molecule has 8 heteroatoms. The van der Waals surface area contributed by atoms with E-state index in [0.29, 0.717) is 16.3 Å². The summed E-state index contributed by atoms with van der Waals surface area (Å²) in [6.45, 7) is 1.62. The maximum absolute atomic E-state index is 14.0. The van der Waals surface area contributed by atoms with Crippen LogP contribution in [0.25, 0.3) is 10.6 Å². The van der Waals surface area contributed by atoms with Gasteiger partial charge >= 0.3 is 0 Å². The Bertz CT molecular complexity index is 1010. The molecule has 3 heterocycles. The van der Waals surface area contributed by atoms with Crippen molar-refractivity contribution in [1.82, 2.24) is 9.97 Å². The van der Waals surface area contributed by atoms with E-state index in [0.717, 1.165) is 38.0 Å². The molecule has 1 aliphatic heterocycles. The van der Waals surface area contributed by atoms with Crippen LogP contribution >= 0.6 is 11.3 Å². The fraction of sp³-hybridized carbons (Fsp3) is 0.286. The van der Waals surface area contributed by atoms with Gasteiger partial charge in [0, 0.05) is 36.3 Å². The molecule has 1 saturated heterocycles. The smallest absolute Gasteiger partial charge is 0.275 e. The van der Waals surface area contributed by atoms with Crippen LogP contribution in [-0.4, -0.2) is 35.0 Å². The molecule has 1 amide bonds. The van der Waals surface area contributed by atoms with Gasteiger partial charge in [-0.05, 0) is 31.0 Å². The third kappa shape index (κ3) is 4.44. The number of rotatable bonds is 4. The Kier molecular flexibility index (Phi) is 5.82. The summed E-state index contributed by atoms with van der Waals surface area (Å²) in [5.41, 5.74) is 8.34. The topological polar surface area (TPSA) is 84.1 Å². The van der Waals surface area contributed by atoms with Crippen LogP contribution in [-0.2, 0) is 0 Å². The standard InChI is InChI=1S/C21H22FN5OS/c22-16-7-2-1-6-15(16)21-26-18(13-29-21)20(28)25-17-11-24-9-8-19(17)27-10-4-3-5-14(23)12-27/h1-2,6-9,11,13-14H,3-5,10,12,23H2,(H,25,28)/t14-/m0/s1. The van der Waals surface area contributed by atoms with Crippen molar-refractivity contribution < 1.29 is 9.18 Å². The minimum atomic E-state index is -0.360. The normalized spacial score (nSPS) is 17.0. The Morgan fingerprint density at radius 2 is 2.14 bits per heavy atom. The highest BCUT2D eigenvalue weighted by Gasteiger charge is 2.20. The first-order chi connectivity index (χ1) is 14.1. The number of nitrogens with one attached hydrogen (secondary N) is 1. The fourth-order valence-electron chi connectivity index (χ4n) is 3.48. The molecule has 0 bridgehead atoms. The van der Waals surface area contributed by atoms with E-state index in [4.69, 9.17) is 5.73 Å². The zero-order valence-corrected chi connectivity index (χ0v) is 16.7. The zero-order chi connectivity index (χ0) is 20.2. The molecule has 1 fully saturated rings. The number of thiazole rings is 1. The van der Waals surface area contributed by atoms with E-state index in [1.807, 2.05) is 6.07 Å². The van der Waals surface area contributed by atoms with Gasteiger partial charge in [-0.25, -0.2) is 9.37 Å². The van der Waals surface area contributed by atoms with Crippen LogP contribution < -0.4 is 16.0 Å². The summed E-state index contributed by atoms with van der Waals surface area (Å²) >= 11 is 1.24. The molecule has 0 unspecified atom stereocenters. The Morgan fingerprint density at radius 1 is 1.28 bits per heavy atom. The molecule has 150 valence electrons. The number of benzene rings is 1. The second-order valence-electron chi connectivity index (χ2n) is 7.07. The van der Waals surface area contributed by atoms with Crippen molar-refractivity contribution in [2.24, 2.45) is 5.73 Å². The molecule has 0 spiro atoms. The Balaban J connectivity index is 1.54. The molecule has 4 rings (SSSR count). The van der Waals surface area contributed by atoms with E-state index in [-0.39, 0.29) is 23.5 Å². The number of halogens is 1. The molecule has 6 nitrogen and oxygen atoms in total. The van der Waals surface area contributed by atoms with Crippen LogP contribution in [0.1, 0.15) is 29.8 Å². The van der Waals surface area contributed by atoms with E-state index >= 15 is 0 Å². The second kappa shape index (κ2) is 8.67. The number of hydrogen-bond donors (Lipinski definition) is 2. The first-order valence-electron chi connectivity index (χ1n) is 9.58. The van der Waals surface area contributed by atoms with Crippen LogP contribution in [0.3, 0.4) is 0 Å². The molecule has 3 N–H and O–H groups in total. The van der Waals surface area contributed by atoms with Crippen LogP contribution in [0.4, 0.5) is 15.8 Å². The van der Waals surface area contributed by atoms with Gasteiger partial charge in [0.15, 0.2) is 0 Å². The van der Waals surface area contributed by atoms with Crippen molar-refractivity contribution in [3.63, 3.8) is 0 Å². The van der Waals surface area contributed by atoms with Crippen LogP contribution in [0.5, 0.6) is 0 Å². The molecule has 29 heavy (non-hydrogen) atoms. The number of nitrogens with zero attached hydrogens (tertiary/aromatic N) is 3. The highest BCUT2D eigenvalue weighted by atomic mass is 32.1. The highest BCUT2D eigenvalue weighted by molar-refractivity contribution is 7.13. The van der Waals surface area contributed by atoms with Crippen LogP contribution in [0, 0.1) is 5.82 Å². The first-order valence-corrected chi connectivity index (χ1v) is 10.5. The van der Waals surface area contributed by atoms with Crippen molar-refractivity contribution in [3.05, 3.63) is 59.6 Å². The number of anilines is 2. The van der Waals surface area contributed by atoms with Crippen molar-refractivity contribution in [2.45, 2.75) is 25.3 Å². The highest BCUT2D eigenvalue weighted by Crippen LogP contribution is 2.29. The van der Waals surface area contributed by atoms with Crippen molar-refractivity contribution >= 4 is 28.6 Å². The molecule has 0 radical (unpaired) electrons. The summed E-state index contributed by atoms with van der Waals surface area (Å²) in [7, 11) is 0. The zero-order valence-electron chi connectivity index (χ0n) is 15.8. The predicted octanol–water partition coefficient (Wildman–Crippen LogP) is 3.91. The van der Waals surface area contributed by atoms with Crippen molar-refractivity contribution in [3.8, 4) is 10.6 Å². The lowest BCUT2D eigenvalue weighted by molar-refractivity contribution is 0.102. The Hall–Kier alpha value is -2.84. The predicted molar refractivity (Wildman–Crippen MR) is 114 cm³/mol. The van der Waals surface area contributed by atoms with Crippen LogP contribution in [0.15, 0.2) is 48.1 Å². The lowest BCUT2D eigenvalue weighted by Gasteiger charge is -2.26. The summed E-state index contributed by atoms with van der Waals surface area (Å²) in [4.78, 5) is 23.4. The molecule has 1 atom stereocenters. The van der Waals surface area contributed by atoms with E-state index < -0.39 is 0 Å². The Labute approximate surface area is 172 Å². The van der Waals surface area contributed by atoms with Gasteiger partial charge in [0.1, 0.15) is 16.5 Å². The third-order valence-corrected chi connectivity index (χ3v) is 5.81. The van der Waals surface area contributed by atoms with E-state index in [9.17, 15) is 9.18 Å². The van der Waals surface area contributed by atoms with Crippen molar-refractivity contribution in [2.75, 3.05) is 23.3 Å². The fourth-order valence-corrected chi connectivity index (χ4v) is 4.30. The lowest BCUT2D eigenvalue weighted by Crippen LogP contribution is -2.36. The molecule has 0 aliphatic carbocycles. The van der Waals surface area contributed by atoms with Gasteiger partial charge in [-0.1, -0.05) is 18.6 Å². The molecule has 3 aromatic rings. The first kappa shape index (κ1) is 19.5. The van der Waals surface area contributed by atoms with E-state index in [1.165, 1.54) is 17.4 Å². The monoisotopic (exact) mass is 411 g/mol. The third-order valence-electron chi connectivity index (χ3n) is 4.94. The van der Waals surface area contributed by atoms with Gasteiger partial charge < -0.3 is 16.0 Å². The molecular formula is C21H22FN5OS. The molecular weight excluding hydrogens is 389 g/mol. The number of carbonyl (C=O) groups excluding carboxylic acids is 1. The summed E-state index contributed by atoms with van der Waals surface area (Å²) in [5.74, 6) is -0.710. The van der Waals surface area contributed by atoms with Gasteiger partial charge in [-0.3, -0.25) is 9.78 Å². The average Bonchev–Trinajstić information content (AvgIpc) is 3.11. The van der Waals surface area contributed by atoms with Gasteiger partial charge in [0.05, 0.1) is 17.6 Å². The maximum Gasteiger partial charge on any atom is 0.275 e. The molecule has 0 saturated carbocycles.